The van der Waals surface area contributed by atoms with Crippen LogP contribution in [0.15, 0.2) is 158 Å². The smallest absolute Gasteiger partial charge is 0.182 e. The number of aryl methyl sites for hydroxylation is 4. The molecular weight excluding hydrogens is 801 g/mol. The van der Waals surface area contributed by atoms with Crippen LogP contribution >= 0.6 is 0 Å². The summed E-state index contributed by atoms with van der Waals surface area (Å²) in [7, 11) is 0. The van der Waals surface area contributed by atoms with Crippen molar-refractivity contribution in [3.05, 3.63) is 203 Å². The molecule has 10 nitrogen and oxygen atoms in total. The molecule has 0 aliphatic heterocycles. The molecule has 2 aliphatic carbocycles. The number of hydrogen-bond donors (Lipinski definition) is 0. The zero-order valence-electron chi connectivity index (χ0n) is 36.0. The van der Waals surface area contributed by atoms with Gasteiger partial charge in [0, 0.05) is 33.9 Å². The molecule has 4 aromatic carbocycles. The van der Waals surface area contributed by atoms with E-state index >= 15 is 0 Å². The van der Waals surface area contributed by atoms with E-state index in [9.17, 15) is 0 Å². The predicted molar refractivity (Wildman–Crippen MR) is 252 cm³/mol. The summed E-state index contributed by atoms with van der Waals surface area (Å²) in [4.78, 5) is 49.7. The van der Waals surface area contributed by atoms with Crippen molar-refractivity contribution in [1.82, 2.24) is 49.8 Å². The van der Waals surface area contributed by atoms with Crippen LogP contribution in [0.1, 0.15) is 45.0 Å². The van der Waals surface area contributed by atoms with Crippen LogP contribution in [0.4, 0.5) is 0 Å². The maximum absolute atomic E-state index is 5.13. The standard InChI is InChI=1S/C55H38N10/c1-31-13-9-21-45(56-31)51-60-49(61-52(64-51)46-22-10-14-32(2)57-46)35-25-27-39-37-17-5-7-19-41(37)55(43(39)29-35)42-20-8-6-18-38(42)40-28-26-36(30-44(40)55)50-62-53(47-23-11-15-33(3)58-47)65-54(63-50)48-24-12-16-34(4)59-48/h5-30H,1-4H3. The van der Waals surface area contributed by atoms with E-state index in [1.807, 2.05) is 100 Å². The summed E-state index contributed by atoms with van der Waals surface area (Å²) in [5.41, 5.74) is 16.5. The third-order valence-corrected chi connectivity index (χ3v) is 12.3. The maximum Gasteiger partial charge on any atom is 0.182 e. The van der Waals surface area contributed by atoms with Gasteiger partial charge in [-0.15, -0.1) is 0 Å². The Hall–Kier alpha value is -8.50. The fourth-order valence-electron chi connectivity index (χ4n) is 9.56. The van der Waals surface area contributed by atoms with E-state index in [1.165, 1.54) is 22.3 Å². The second-order valence-electron chi connectivity index (χ2n) is 16.6. The molecule has 0 N–H and O–H groups in total. The normalized spacial score (nSPS) is 12.7. The van der Waals surface area contributed by atoms with E-state index in [4.69, 9.17) is 49.8 Å². The molecule has 2 aliphatic rings. The van der Waals surface area contributed by atoms with Crippen molar-refractivity contribution in [2.75, 3.05) is 0 Å². The lowest BCUT2D eigenvalue weighted by Crippen LogP contribution is -2.26. The highest BCUT2D eigenvalue weighted by Gasteiger charge is 2.52. The summed E-state index contributed by atoms with van der Waals surface area (Å²) in [6, 6.07) is 54.3. The van der Waals surface area contributed by atoms with Gasteiger partial charge in [0.15, 0.2) is 34.9 Å². The molecule has 0 radical (unpaired) electrons. The molecule has 12 rings (SSSR count). The number of rotatable bonds is 6. The summed E-state index contributed by atoms with van der Waals surface area (Å²) in [5.74, 6) is 2.99. The van der Waals surface area contributed by atoms with Gasteiger partial charge in [-0.05, 0) is 133 Å². The van der Waals surface area contributed by atoms with Gasteiger partial charge >= 0.3 is 0 Å². The summed E-state index contributed by atoms with van der Waals surface area (Å²) in [6.45, 7) is 7.87. The highest BCUT2D eigenvalue weighted by Crippen LogP contribution is 2.63. The highest BCUT2D eigenvalue weighted by atomic mass is 15.1. The Kier molecular flexibility index (Phi) is 8.70. The molecule has 6 aromatic heterocycles. The molecule has 0 fully saturated rings. The quantitative estimate of drug-likeness (QED) is 0.160. The summed E-state index contributed by atoms with van der Waals surface area (Å²) in [6.07, 6.45) is 0. The van der Waals surface area contributed by atoms with Gasteiger partial charge in [-0.25, -0.2) is 49.8 Å². The Morgan fingerprint density at radius 3 is 0.908 bits per heavy atom. The molecule has 0 saturated heterocycles. The zero-order valence-corrected chi connectivity index (χ0v) is 36.0. The van der Waals surface area contributed by atoms with Crippen LogP contribution in [0.25, 0.3) is 91.1 Å². The predicted octanol–water partition coefficient (Wildman–Crippen LogP) is 11.2. The molecule has 0 saturated carbocycles. The lowest BCUT2D eigenvalue weighted by atomic mass is 9.70. The molecule has 0 bridgehead atoms. The van der Waals surface area contributed by atoms with Crippen molar-refractivity contribution in [3.8, 4) is 91.1 Å². The molecule has 1 spiro atoms. The highest BCUT2D eigenvalue weighted by molar-refractivity contribution is 5.96. The van der Waals surface area contributed by atoms with E-state index in [0.717, 1.165) is 56.2 Å². The minimum atomic E-state index is -0.701. The minimum Gasteiger partial charge on any atom is -0.250 e. The van der Waals surface area contributed by atoms with Crippen LogP contribution in [0.3, 0.4) is 0 Å². The fourth-order valence-corrected chi connectivity index (χ4v) is 9.56. The third kappa shape index (κ3) is 6.24. The second-order valence-corrected chi connectivity index (χ2v) is 16.6. The Balaban J connectivity index is 1.09. The summed E-state index contributed by atoms with van der Waals surface area (Å²) >= 11 is 0. The number of hydrogen-bond acceptors (Lipinski definition) is 10. The lowest BCUT2D eigenvalue weighted by Gasteiger charge is -2.31. The monoisotopic (exact) mass is 838 g/mol. The Bertz CT molecular complexity index is 3220. The number of aromatic nitrogens is 10. The number of fused-ring (bicyclic) bond motifs is 10. The molecule has 65 heavy (non-hydrogen) atoms. The van der Waals surface area contributed by atoms with Crippen molar-refractivity contribution in [3.63, 3.8) is 0 Å². The first-order valence-corrected chi connectivity index (χ1v) is 21.6. The molecule has 0 unspecified atom stereocenters. The van der Waals surface area contributed by atoms with Crippen LogP contribution in [-0.4, -0.2) is 49.8 Å². The van der Waals surface area contributed by atoms with Crippen molar-refractivity contribution in [1.29, 1.82) is 0 Å². The van der Waals surface area contributed by atoms with Gasteiger partial charge in [-0.2, -0.15) is 0 Å². The van der Waals surface area contributed by atoms with Gasteiger partial charge in [0.1, 0.15) is 22.8 Å². The first kappa shape index (κ1) is 38.2. The molecule has 0 atom stereocenters. The van der Waals surface area contributed by atoms with Crippen LogP contribution in [0.2, 0.25) is 0 Å². The van der Waals surface area contributed by atoms with Gasteiger partial charge in [0.05, 0.1) is 5.41 Å². The van der Waals surface area contributed by atoms with Crippen LogP contribution in [0, 0.1) is 27.7 Å². The van der Waals surface area contributed by atoms with Gasteiger partial charge < -0.3 is 0 Å². The molecule has 6 heterocycles. The van der Waals surface area contributed by atoms with Crippen LogP contribution < -0.4 is 0 Å². The number of benzene rings is 4. The SMILES string of the molecule is Cc1cccc(-c2nc(-c3ccc4c(c3)C3(c5ccccc5-4)c4ccccc4-c4ccc(-c5nc(-c6cccc(C)n6)nc(-c6cccc(C)n6)n5)cc43)nc(-c3cccc(C)n3)n2)n1. The largest absolute Gasteiger partial charge is 0.250 e. The first-order chi connectivity index (χ1) is 31.8. The maximum atomic E-state index is 5.13. The average Bonchev–Trinajstić information content (AvgIpc) is 3.80. The molecule has 0 amide bonds. The molecule has 10 aromatic rings. The van der Waals surface area contributed by atoms with E-state index in [0.29, 0.717) is 57.7 Å². The summed E-state index contributed by atoms with van der Waals surface area (Å²) < 4.78 is 0. The Morgan fingerprint density at radius 2 is 0.569 bits per heavy atom. The van der Waals surface area contributed by atoms with Gasteiger partial charge in [-0.3, -0.25) is 0 Å². The fraction of sp³-hybridized carbons (Fsp3) is 0.0909. The summed E-state index contributed by atoms with van der Waals surface area (Å²) in [5, 5.41) is 0. The Labute approximate surface area is 375 Å². The topological polar surface area (TPSA) is 129 Å². The molecule has 10 heteroatoms. The van der Waals surface area contributed by atoms with Crippen LogP contribution in [-0.2, 0) is 5.41 Å². The second kappa shape index (κ2) is 14.8. The van der Waals surface area contributed by atoms with Gasteiger partial charge in [0.25, 0.3) is 0 Å². The van der Waals surface area contributed by atoms with Crippen molar-refractivity contribution in [2.45, 2.75) is 33.1 Å². The molecule has 308 valence electrons. The van der Waals surface area contributed by atoms with E-state index in [1.54, 1.807) is 0 Å². The van der Waals surface area contributed by atoms with E-state index in [-0.39, 0.29) is 0 Å². The van der Waals surface area contributed by atoms with E-state index < -0.39 is 5.41 Å². The number of pyridine rings is 4. The van der Waals surface area contributed by atoms with E-state index in [2.05, 4.69) is 84.9 Å². The first-order valence-electron chi connectivity index (χ1n) is 21.6. The van der Waals surface area contributed by atoms with Crippen LogP contribution in [0.5, 0.6) is 0 Å². The van der Waals surface area contributed by atoms with Crippen molar-refractivity contribution >= 4 is 0 Å². The Morgan fingerprint density at radius 1 is 0.262 bits per heavy atom. The van der Waals surface area contributed by atoms with Crippen molar-refractivity contribution < 1.29 is 0 Å². The van der Waals surface area contributed by atoms with Gasteiger partial charge in [0.2, 0.25) is 0 Å². The minimum absolute atomic E-state index is 0.481. The zero-order chi connectivity index (χ0) is 43.8. The van der Waals surface area contributed by atoms with Crippen molar-refractivity contribution in [2.24, 2.45) is 0 Å². The average molecular weight is 839 g/mol. The third-order valence-electron chi connectivity index (χ3n) is 12.3. The number of nitrogens with zero attached hydrogens (tertiary/aromatic N) is 10. The molecular formula is C55H38N10. The lowest BCUT2D eigenvalue weighted by molar-refractivity contribution is 0.794. The van der Waals surface area contributed by atoms with Gasteiger partial charge in [-0.1, -0.05) is 97.1 Å².